The quantitative estimate of drug-likeness (QED) is 0.920. The van der Waals surface area contributed by atoms with E-state index in [1.807, 2.05) is 42.8 Å². The molecule has 0 spiro atoms. The van der Waals surface area contributed by atoms with E-state index in [2.05, 4.69) is 4.72 Å². The molecule has 2 aromatic rings. The van der Waals surface area contributed by atoms with Gasteiger partial charge in [0.15, 0.2) is 0 Å². The molecular weight excluding hydrogens is 264 g/mol. The van der Waals surface area contributed by atoms with Crippen LogP contribution in [0.15, 0.2) is 35.4 Å². The first-order valence-electron chi connectivity index (χ1n) is 6.07. The Morgan fingerprint density at radius 2 is 2.00 bits per heavy atom. The van der Waals surface area contributed by atoms with Crippen LogP contribution in [0, 0.1) is 0 Å². The lowest BCUT2D eigenvalue weighted by atomic mass is 10.0. The number of hydrogen-bond donors (Lipinski definition) is 1. The highest BCUT2D eigenvalue weighted by Gasteiger charge is 2.38. The van der Waals surface area contributed by atoms with Crippen LogP contribution in [0.25, 0.3) is 10.9 Å². The molecule has 1 aromatic carbocycles. The van der Waals surface area contributed by atoms with Crippen LogP contribution in [0.4, 0.5) is 0 Å². The molecule has 0 aliphatic carbocycles. The summed E-state index contributed by atoms with van der Waals surface area (Å²) < 4.78 is 34.6. The third-order valence-electron chi connectivity index (χ3n) is 3.37. The zero-order valence-corrected chi connectivity index (χ0v) is 11.7. The minimum Gasteiger partial charge on any atom is -0.377 e. The third kappa shape index (κ3) is 2.05. The molecule has 102 valence electrons. The molecule has 1 aliphatic heterocycles. The molecule has 1 N–H and O–H groups in total. The van der Waals surface area contributed by atoms with Gasteiger partial charge in [0, 0.05) is 24.1 Å². The number of aryl methyl sites for hydroxylation is 1. The normalized spacial score (nSPS) is 18.4. The predicted molar refractivity (Wildman–Crippen MR) is 72.5 cm³/mol. The summed E-state index contributed by atoms with van der Waals surface area (Å²) in [6, 6.07) is 7.47. The molecule has 3 rings (SSSR count). The smallest absolute Gasteiger partial charge is 0.243 e. The Hall–Kier alpha value is -1.37. The van der Waals surface area contributed by atoms with Crippen LogP contribution in [0.1, 0.15) is 6.92 Å². The zero-order valence-electron chi connectivity index (χ0n) is 10.9. The van der Waals surface area contributed by atoms with E-state index in [0.717, 1.165) is 10.9 Å². The molecule has 6 heteroatoms. The number of fused-ring (bicyclic) bond motifs is 1. The highest BCUT2D eigenvalue weighted by Crippen LogP contribution is 2.26. The number of nitrogens with zero attached hydrogens (tertiary/aromatic N) is 1. The van der Waals surface area contributed by atoms with E-state index in [-0.39, 0.29) is 0 Å². The Balaban J connectivity index is 2.08. The molecule has 0 bridgehead atoms. The number of rotatable bonds is 3. The largest absolute Gasteiger partial charge is 0.377 e. The van der Waals surface area contributed by atoms with Crippen molar-refractivity contribution < 1.29 is 13.2 Å². The lowest BCUT2D eigenvalue weighted by Crippen LogP contribution is -2.59. The maximum atomic E-state index is 12.5. The monoisotopic (exact) mass is 280 g/mol. The van der Waals surface area contributed by atoms with Crippen molar-refractivity contribution in [1.29, 1.82) is 0 Å². The van der Waals surface area contributed by atoms with Crippen molar-refractivity contribution in [1.82, 2.24) is 9.29 Å². The molecule has 1 aliphatic rings. The van der Waals surface area contributed by atoms with Gasteiger partial charge < -0.3 is 9.30 Å². The average Bonchev–Trinajstić information content (AvgIpc) is 2.66. The Bertz CT molecular complexity index is 729. The number of ether oxygens (including phenoxy) is 1. The molecule has 0 saturated carbocycles. The van der Waals surface area contributed by atoms with Crippen molar-refractivity contribution in [3.63, 3.8) is 0 Å². The summed E-state index contributed by atoms with van der Waals surface area (Å²) in [6.45, 7) is 2.67. The number of para-hydroxylation sites is 1. The van der Waals surface area contributed by atoms with Crippen LogP contribution in [0.5, 0.6) is 0 Å². The summed E-state index contributed by atoms with van der Waals surface area (Å²) in [5, 5.41) is 0.737. The molecule has 1 aromatic heterocycles. The molecule has 19 heavy (non-hydrogen) atoms. The Kier molecular flexibility index (Phi) is 2.70. The number of benzene rings is 1. The third-order valence-corrected chi connectivity index (χ3v) is 5.04. The summed E-state index contributed by atoms with van der Waals surface area (Å²) in [4.78, 5) is 0.318. The van der Waals surface area contributed by atoms with Crippen molar-refractivity contribution in [2.75, 3.05) is 13.2 Å². The van der Waals surface area contributed by atoms with E-state index in [4.69, 9.17) is 4.74 Å². The SMILES string of the molecule is Cn1cc(S(=O)(=O)NC2(C)COC2)c2ccccc21. The van der Waals surface area contributed by atoms with Gasteiger partial charge in [0.05, 0.1) is 18.8 Å². The van der Waals surface area contributed by atoms with E-state index in [1.54, 1.807) is 6.20 Å². The number of aromatic nitrogens is 1. The number of hydrogen-bond acceptors (Lipinski definition) is 3. The maximum Gasteiger partial charge on any atom is 0.243 e. The minimum absolute atomic E-state index is 0.318. The van der Waals surface area contributed by atoms with Gasteiger partial charge in [-0.05, 0) is 13.0 Å². The van der Waals surface area contributed by atoms with E-state index in [9.17, 15) is 8.42 Å². The van der Waals surface area contributed by atoms with Crippen molar-refractivity contribution in [3.8, 4) is 0 Å². The van der Waals surface area contributed by atoms with Crippen molar-refractivity contribution in [3.05, 3.63) is 30.5 Å². The zero-order chi connectivity index (χ0) is 13.7. The van der Waals surface area contributed by atoms with E-state index in [1.165, 1.54) is 0 Å². The molecule has 0 radical (unpaired) electrons. The van der Waals surface area contributed by atoms with Crippen molar-refractivity contribution in [2.24, 2.45) is 7.05 Å². The molecule has 0 unspecified atom stereocenters. The predicted octanol–water partition coefficient (Wildman–Crippen LogP) is 1.25. The fourth-order valence-electron chi connectivity index (χ4n) is 2.37. The van der Waals surface area contributed by atoms with E-state index >= 15 is 0 Å². The second-order valence-corrected chi connectivity index (χ2v) is 6.93. The number of sulfonamides is 1. The molecule has 1 fully saturated rings. The van der Waals surface area contributed by atoms with E-state index in [0.29, 0.717) is 18.1 Å². The van der Waals surface area contributed by atoms with Crippen LogP contribution < -0.4 is 4.72 Å². The van der Waals surface area contributed by atoms with Crippen LogP contribution in [0.3, 0.4) is 0 Å². The summed E-state index contributed by atoms with van der Waals surface area (Å²) in [6.07, 6.45) is 1.65. The van der Waals surface area contributed by atoms with Gasteiger partial charge in [0.1, 0.15) is 4.90 Å². The van der Waals surface area contributed by atoms with Gasteiger partial charge in [0.25, 0.3) is 0 Å². The topological polar surface area (TPSA) is 60.3 Å². The van der Waals surface area contributed by atoms with E-state index < -0.39 is 15.6 Å². The summed E-state index contributed by atoms with van der Waals surface area (Å²) in [5.41, 5.74) is 0.411. The van der Waals surface area contributed by atoms with Gasteiger partial charge in [-0.25, -0.2) is 13.1 Å². The van der Waals surface area contributed by atoms with Crippen molar-refractivity contribution >= 4 is 20.9 Å². The van der Waals surface area contributed by atoms with Gasteiger partial charge in [-0.3, -0.25) is 0 Å². The average molecular weight is 280 g/mol. The van der Waals surface area contributed by atoms with Crippen LogP contribution in [-0.4, -0.2) is 31.7 Å². The summed E-state index contributed by atoms with van der Waals surface area (Å²) >= 11 is 0. The summed E-state index contributed by atoms with van der Waals surface area (Å²) in [5.74, 6) is 0. The van der Waals surface area contributed by atoms with Crippen LogP contribution in [-0.2, 0) is 21.8 Å². The highest BCUT2D eigenvalue weighted by molar-refractivity contribution is 7.89. The molecule has 0 atom stereocenters. The van der Waals surface area contributed by atoms with Gasteiger partial charge in [-0.15, -0.1) is 0 Å². The fourth-order valence-corrected chi connectivity index (χ4v) is 4.00. The van der Waals surface area contributed by atoms with Gasteiger partial charge in [-0.1, -0.05) is 18.2 Å². The minimum atomic E-state index is -3.54. The second kappa shape index (κ2) is 4.06. The molecule has 1 saturated heterocycles. The first-order chi connectivity index (χ1) is 8.91. The first kappa shape index (κ1) is 12.7. The number of nitrogens with one attached hydrogen (secondary N) is 1. The molecular formula is C13H16N2O3S. The Morgan fingerprint density at radius 3 is 2.63 bits per heavy atom. The Morgan fingerprint density at radius 1 is 1.32 bits per heavy atom. The van der Waals surface area contributed by atoms with Crippen molar-refractivity contribution in [2.45, 2.75) is 17.4 Å². The van der Waals surface area contributed by atoms with Crippen LogP contribution in [0.2, 0.25) is 0 Å². The van der Waals surface area contributed by atoms with Gasteiger partial charge >= 0.3 is 0 Å². The first-order valence-corrected chi connectivity index (χ1v) is 7.55. The molecule has 0 amide bonds. The Labute approximate surface area is 112 Å². The molecule has 5 nitrogen and oxygen atoms in total. The van der Waals surface area contributed by atoms with Crippen LogP contribution >= 0.6 is 0 Å². The molecule has 2 heterocycles. The second-order valence-electron chi connectivity index (χ2n) is 5.28. The standard InChI is InChI=1S/C13H16N2O3S/c1-13(8-18-9-13)14-19(16,17)12-7-15(2)11-6-4-3-5-10(11)12/h3-7,14H,8-9H2,1-2H3. The lowest BCUT2D eigenvalue weighted by molar-refractivity contribution is -0.0523. The summed E-state index contributed by atoms with van der Waals surface area (Å²) in [7, 11) is -1.69. The van der Waals surface area contributed by atoms with Gasteiger partial charge in [-0.2, -0.15) is 0 Å². The fraction of sp³-hybridized carbons (Fsp3) is 0.385. The highest BCUT2D eigenvalue weighted by atomic mass is 32.2. The maximum absolute atomic E-state index is 12.5. The lowest BCUT2D eigenvalue weighted by Gasteiger charge is -2.38. The van der Waals surface area contributed by atoms with Gasteiger partial charge in [0.2, 0.25) is 10.0 Å².